The highest BCUT2D eigenvalue weighted by molar-refractivity contribution is 7.89. The minimum atomic E-state index is -3.81. The first kappa shape index (κ1) is 17.9. The van der Waals surface area contributed by atoms with Crippen LogP contribution in [0.2, 0.25) is 5.02 Å². The molecule has 0 saturated carbocycles. The van der Waals surface area contributed by atoms with E-state index in [9.17, 15) is 18.5 Å². The topological polar surface area (TPSA) is 89.3 Å². The van der Waals surface area contributed by atoms with Crippen LogP contribution >= 0.6 is 11.6 Å². The fourth-order valence-electron chi connectivity index (χ4n) is 1.63. The number of hydrogen-bond acceptors (Lipinski definition) is 4. The van der Waals surface area contributed by atoms with Crippen molar-refractivity contribution in [3.63, 3.8) is 0 Å². The number of sulfonamides is 1. The molecule has 1 aromatic carbocycles. The molecule has 0 fully saturated rings. The first-order valence-electron chi connectivity index (χ1n) is 6.50. The van der Waals surface area contributed by atoms with Crippen LogP contribution in [0.5, 0.6) is 0 Å². The number of rotatable bonds is 6. The van der Waals surface area contributed by atoms with Gasteiger partial charge in [-0.2, -0.15) is 0 Å². The molecule has 1 N–H and O–H groups in total. The Labute approximate surface area is 129 Å². The lowest BCUT2D eigenvalue weighted by Crippen LogP contribution is -2.30. The Bertz CT molecular complexity index is 644. The lowest BCUT2D eigenvalue weighted by Gasteiger charge is -2.17. The van der Waals surface area contributed by atoms with E-state index in [0.29, 0.717) is 11.5 Å². The summed E-state index contributed by atoms with van der Waals surface area (Å²) in [5.74, 6) is 0.482. The third kappa shape index (κ3) is 4.39. The van der Waals surface area contributed by atoms with Crippen LogP contribution < -0.4 is 4.72 Å². The van der Waals surface area contributed by atoms with Gasteiger partial charge in [0.15, 0.2) is 0 Å². The van der Waals surface area contributed by atoms with Gasteiger partial charge in [-0.3, -0.25) is 10.1 Å². The molecule has 1 aromatic rings. The molecule has 1 atom stereocenters. The minimum absolute atomic E-state index is 0.0769. The SMILES string of the molecule is Cc1cc(Cl)c([N+](=O)[O-])cc1S(=O)(=O)NCC(C)C(C)C. The summed E-state index contributed by atoms with van der Waals surface area (Å²) < 4.78 is 27.1. The Morgan fingerprint density at radius 2 is 1.90 bits per heavy atom. The molecule has 21 heavy (non-hydrogen) atoms. The van der Waals surface area contributed by atoms with Crippen LogP contribution in [0.4, 0.5) is 5.69 Å². The van der Waals surface area contributed by atoms with E-state index in [-0.39, 0.29) is 22.4 Å². The zero-order valence-electron chi connectivity index (χ0n) is 12.4. The summed E-state index contributed by atoms with van der Waals surface area (Å²) >= 11 is 5.76. The summed E-state index contributed by atoms with van der Waals surface area (Å²) in [7, 11) is -3.81. The molecule has 0 amide bonds. The number of aryl methyl sites for hydroxylation is 1. The van der Waals surface area contributed by atoms with Gasteiger partial charge in [0.05, 0.1) is 9.82 Å². The third-order valence-corrected chi connectivity index (χ3v) is 5.33. The van der Waals surface area contributed by atoms with Crippen molar-refractivity contribution in [2.75, 3.05) is 6.54 Å². The Morgan fingerprint density at radius 1 is 1.33 bits per heavy atom. The fraction of sp³-hybridized carbons (Fsp3) is 0.538. The average molecular weight is 335 g/mol. The molecule has 0 radical (unpaired) electrons. The number of nitrogens with zero attached hydrogens (tertiary/aromatic N) is 1. The average Bonchev–Trinajstić information content (AvgIpc) is 2.34. The van der Waals surface area contributed by atoms with Crippen molar-refractivity contribution >= 4 is 27.3 Å². The van der Waals surface area contributed by atoms with Crippen molar-refractivity contribution in [2.45, 2.75) is 32.6 Å². The van der Waals surface area contributed by atoms with Gasteiger partial charge in [-0.15, -0.1) is 0 Å². The summed E-state index contributed by atoms with van der Waals surface area (Å²) in [5, 5.41) is 10.8. The number of nitro groups is 1. The Kier molecular flexibility index (Phi) is 5.72. The molecule has 0 saturated heterocycles. The molecule has 118 valence electrons. The van der Waals surface area contributed by atoms with Gasteiger partial charge in [-0.1, -0.05) is 32.4 Å². The molecule has 0 aliphatic heterocycles. The molecule has 8 heteroatoms. The minimum Gasteiger partial charge on any atom is -0.258 e. The summed E-state index contributed by atoms with van der Waals surface area (Å²) in [4.78, 5) is 10.1. The second-order valence-electron chi connectivity index (χ2n) is 5.40. The third-order valence-electron chi connectivity index (χ3n) is 3.46. The maximum absolute atomic E-state index is 12.3. The van der Waals surface area contributed by atoms with Crippen molar-refractivity contribution in [3.05, 3.63) is 32.8 Å². The number of nitro benzene ring substituents is 1. The lowest BCUT2D eigenvalue weighted by molar-refractivity contribution is -0.384. The number of halogens is 1. The van der Waals surface area contributed by atoms with Crippen molar-refractivity contribution in [1.82, 2.24) is 4.72 Å². The summed E-state index contributed by atoms with van der Waals surface area (Å²) in [6.07, 6.45) is 0. The highest BCUT2D eigenvalue weighted by Crippen LogP contribution is 2.30. The molecular formula is C13H19ClN2O4S. The molecule has 0 bridgehead atoms. The van der Waals surface area contributed by atoms with Gasteiger partial charge in [0.1, 0.15) is 5.02 Å². The van der Waals surface area contributed by atoms with Gasteiger partial charge in [0.2, 0.25) is 10.0 Å². The first-order chi connectivity index (χ1) is 9.56. The molecule has 0 heterocycles. The van der Waals surface area contributed by atoms with Gasteiger partial charge in [0.25, 0.3) is 5.69 Å². The van der Waals surface area contributed by atoms with Crippen molar-refractivity contribution in [2.24, 2.45) is 11.8 Å². The van der Waals surface area contributed by atoms with E-state index in [2.05, 4.69) is 4.72 Å². The predicted molar refractivity (Wildman–Crippen MR) is 82.0 cm³/mol. The molecule has 1 rings (SSSR count). The molecule has 6 nitrogen and oxygen atoms in total. The summed E-state index contributed by atoms with van der Waals surface area (Å²) in [6, 6.07) is 2.29. The lowest BCUT2D eigenvalue weighted by atomic mass is 9.99. The second kappa shape index (κ2) is 6.72. The zero-order valence-corrected chi connectivity index (χ0v) is 14.0. The maximum atomic E-state index is 12.3. The number of benzene rings is 1. The standard InChI is InChI=1S/C13H19ClN2O4S/c1-8(2)10(4)7-15-21(19,20)13-6-12(16(17)18)11(14)5-9(13)3/h5-6,8,10,15H,7H2,1-4H3. The van der Waals surface area contributed by atoms with E-state index in [1.807, 2.05) is 20.8 Å². The maximum Gasteiger partial charge on any atom is 0.289 e. The van der Waals surface area contributed by atoms with E-state index < -0.39 is 20.6 Å². The Balaban J connectivity index is 3.14. The number of hydrogen-bond donors (Lipinski definition) is 1. The van der Waals surface area contributed by atoms with Crippen molar-refractivity contribution in [3.8, 4) is 0 Å². The van der Waals surface area contributed by atoms with Crippen LogP contribution in [0, 0.1) is 28.9 Å². The second-order valence-corrected chi connectivity index (χ2v) is 7.54. The van der Waals surface area contributed by atoms with Gasteiger partial charge >= 0.3 is 0 Å². The number of nitrogens with one attached hydrogen (secondary N) is 1. The monoisotopic (exact) mass is 334 g/mol. The predicted octanol–water partition coefficient (Wildman–Crippen LogP) is 3.13. The van der Waals surface area contributed by atoms with E-state index in [4.69, 9.17) is 11.6 Å². The molecule has 0 aliphatic carbocycles. The smallest absolute Gasteiger partial charge is 0.258 e. The van der Waals surface area contributed by atoms with E-state index in [1.54, 1.807) is 6.92 Å². The van der Waals surface area contributed by atoms with Crippen LogP contribution in [0.25, 0.3) is 0 Å². The van der Waals surface area contributed by atoms with Crippen molar-refractivity contribution < 1.29 is 13.3 Å². The molecule has 0 spiro atoms. The van der Waals surface area contributed by atoms with Crippen LogP contribution in [-0.2, 0) is 10.0 Å². The summed E-state index contributed by atoms with van der Waals surface area (Å²) in [5.41, 5.74) is -0.0464. The van der Waals surface area contributed by atoms with Crippen LogP contribution in [0.1, 0.15) is 26.3 Å². The van der Waals surface area contributed by atoms with Gasteiger partial charge in [-0.25, -0.2) is 13.1 Å². The molecule has 0 aromatic heterocycles. The van der Waals surface area contributed by atoms with E-state index in [1.165, 1.54) is 6.07 Å². The van der Waals surface area contributed by atoms with E-state index in [0.717, 1.165) is 6.07 Å². The fourth-order valence-corrected chi connectivity index (χ4v) is 3.30. The molecule has 1 unspecified atom stereocenters. The highest BCUT2D eigenvalue weighted by atomic mass is 35.5. The van der Waals surface area contributed by atoms with Crippen LogP contribution in [-0.4, -0.2) is 19.9 Å². The summed E-state index contributed by atoms with van der Waals surface area (Å²) in [6.45, 7) is 7.75. The largest absolute Gasteiger partial charge is 0.289 e. The van der Waals surface area contributed by atoms with Gasteiger partial charge in [-0.05, 0) is 30.4 Å². The quantitative estimate of drug-likeness (QED) is 0.639. The Morgan fingerprint density at radius 3 is 2.38 bits per heavy atom. The van der Waals surface area contributed by atoms with Crippen molar-refractivity contribution in [1.29, 1.82) is 0 Å². The van der Waals surface area contributed by atoms with Gasteiger partial charge in [0, 0.05) is 12.6 Å². The van der Waals surface area contributed by atoms with E-state index >= 15 is 0 Å². The molecular weight excluding hydrogens is 316 g/mol. The van der Waals surface area contributed by atoms with Crippen LogP contribution in [0.15, 0.2) is 17.0 Å². The Hall–Kier alpha value is -1.18. The first-order valence-corrected chi connectivity index (χ1v) is 8.36. The molecule has 0 aliphatic rings. The zero-order chi connectivity index (χ0) is 16.4. The van der Waals surface area contributed by atoms with Gasteiger partial charge < -0.3 is 0 Å². The highest BCUT2D eigenvalue weighted by Gasteiger charge is 2.24. The normalized spacial score (nSPS) is 13.4. The van der Waals surface area contributed by atoms with Crippen LogP contribution in [0.3, 0.4) is 0 Å².